The predicted molar refractivity (Wildman–Crippen MR) is 64.4 cm³/mol. The van der Waals surface area contributed by atoms with Crippen molar-refractivity contribution < 1.29 is 9.47 Å². The van der Waals surface area contributed by atoms with E-state index in [1.54, 1.807) is 0 Å². The second-order valence-corrected chi connectivity index (χ2v) is 5.11. The summed E-state index contributed by atoms with van der Waals surface area (Å²) in [6, 6.07) is 0.190. The molecule has 94 valence electrons. The summed E-state index contributed by atoms with van der Waals surface area (Å²) in [5.74, 6) is 0. The van der Waals surface area contributed by atoms with Gasteiger partial charge in [0.05, 0.1) is 18.3 Å². The second kappa shape index (κ2) is 5.99. The van der Waals surface area contributed by atoms with Gasteiger partial charge in [0.2, 0.25) is 0 Å². The molecule has 2 saturated carbocycles. The van der Waals surface area contributed by atoms with E-state index in [-0.39, 0.29) is 18.2 Å². The molecule has 2 N–H and O–H groups in total. The van der Waals surface area contributed by atoms with Crippen molar-refractivity contribution in [2.45, 2.75) is 76.2 Å². The monoisotopic (exact) mass is 227 g/mol. The minimum Gasteiger partial charge on any atom is -0.374 e. The summed E-state index contributed by atoms with van der Waals surface area (Å²) < 4.78 is 11.8. The van der Waals surface area contributed by atoms with Gasteiger partial charge in [0, 0.05) is 12.6 Å². The zero-order valence-corrected chi connectivity index (χ0v) is 10.4. The number of rotatable bonds is 4. The van der Waals surface area contributed by atoms with E-state index in [0.29, 0.717) is 6.10 Å². The molecule has 0 radical (unpaired) electrons. The van der Waals surface area contributed by atoms with Crippen molar-refractivity contribution in [3.63, 3.8) is 0 Å². The van der Waals surface area contributed by atoms with Gasteiger partial charge in [-0.25, -0.2) is 0 Å². The van der Waals surface area contributed by atoms with E-state index in [1.807, 2.05) is 6.92 Å². The van der Waals surface area contributed by atoms with Crippen LogP contribution >= 0.6 is 0 Å². The maximum Gasteiger partial charge on any atom is 0.0988 e. The second-order valence-electron chi connectivity index (χ2n) is 5.11. The van der Waals surface area contributed by atoms with Crippen LogP contribution in [0.1, 0.15) is 51.9 Å². The van der Waals surface area contributed by atoms with Gasteiger partial charge in [-0.2, -0.15) is 0 Å². The van der Waals surface area contributed by atoms with Crippen molar-refractivity contribution in [2.75, 3.05) is 6.61 Å². The van der Waals surface area contributed by atoms with Crippen molar-refractivity contribution >= 4 is 0 Å². The SMILES string of the molecule is CCOC1C(N)CC1OC1CCCCCC1. The van der Waals surface area contributed by atoms with Gasteiger partial charge >= 0.3 is 0 Å². The lowest BCUT2D eigenvalue weighted by Crippen LogP contribution is -2.59. The Kier molecular flexibility index (Phi) is 4.62. The number of nitrogens with two attached hydrogens (primary N) is 1. The number of hydrogen-bond donors (Lipinski definition) is 1. The maximum absolute atomic E-state index is 6.14. The molecule has 0 bridgehead atoms. The fourth-order valence-corrected chi connectivity index (χ4v) is 2.80. The molecule has 0 spiro atoms. The van der Waals surface area contributed by atoms with Crippen LogP contribution in [0, 0.1) is 0 Å². The maximum atomic E-state index is 6.14. The van der Waals surface area contributed by atoms with Gasteiger partial charge in [0.1, 0.15) is 0 Å². The lowest BCUT2D eigenvalue weighted by Gasteiger charge is -2.43. The molecule has 2 fully saturated rings. The van der Waals surface area contributed by atoms with Gasteiger partial charge in [-0.1, -0.05) is 25.7 Å². The summed E-state index contributed by atoms with van der Waals surface area (Å²) >= 11 is 0. The number of hydrogen-bond acceptors (Lipinski definition) is 3. The van der Waals surface area contributed by atoms with Crippen LogP contribution in [0.15, 0.2) is 0 Å². The first-order chi connectivity index (χ1) is 7.81. The Hall–Kier alpha value is -0.120. The Morgan fingerprint density at radius 2 is 1.81 bits per heavy atom. The fraction of sp³-hybridized carbons (Fsp3) is 1.00. The molecule has 2 aliphatic carbocycles. The topological polar surface area (TPSA) is 44.5 Å². The van der Waals surface area contributed by atoms with E-state index in [0.717, 1.165) is 13.0 Å². The highest BCUT2D eigenvalue weighted by atomic mass is 16.6. The largest absolute Gasteiger partial charge is 0.374 e. The average Bonchev–Trinajstić information content (AvgIpc) is 2.54. The predicted octanol–water partition coefficient (Wildman–Crippen LogP) is 2.23. The van der Waals surface area contributed by atoms with Crippen molar-refractivity contribution in [3.8, 4) is 0 Å². The standard InChI is InChI=1S/C13H25NO2/c1-2-15-13-11(14)9-12(13)16-10-7-5-3-4-6-8-10/h10-13H,2-9,14H2,1H3. The van der Waals surface area contributed by atoms with Gasteiger partial charge in [-0.15, -0.1) is 0 Å². The third-order valence-electron chi connectivity index (χ3n) is 3.82. The molecule has 0 heterocycles. The van der Waals surface area contributed by atoms with E-state index in [4.69, 9.17) is 15.2 Å². The third-order valence-corrected chi connectivity index (χ3v) is 3.82. The highest BCUT2D eigenvalue weighted by molar-refractivity contribution is 4.95. The van der Waals surface area contributed by atoms with E-state index in [1.165, 1.54) is 38.5 Å². The molecule has 3 atom stereocenters. The summed E-state index contributed by atoms with van der Waals surface area (Å²) in [4.78, 5) is 0. The van der Waals surface area contributed by atoms with Gasteiger partial charge in [0.15, 0.2) is 0 Å². The molecule has 0 aromatic heterocycles. The van der Waals surface area contributed by atoms with Crippen LogP contribution < -0.4 is 5.73 Å². The van der Waals surface area contributed by atoms with Crippen molar-refractivity contribution in [1.82, 2.24) is 0 Å². The Bertz CT molecular complexity index is 202. The molecule has 16 heavy (non-hydrogen) atoms. The summed E-state index contributed by atoms with van der Waals surface area (Å²) in [5.41, 5.74) is 5.93. The molecule has 0 aromatic rings. The Labute approximate surface area is 98.7 Å². The smallest absolute Gasteiger partial charge is 0.0988 e. The Balaban J connectivity index is 1.75. The molecular formula is C13H25NO2. The first-order valence-corrected chi connectivity index (χ1v) is 6.84. The van der Waals surface area contributed by atoms with Crippen LogP contribution in [0.3, 0.4) is 0 Å². The van der Waals surface area contributed by atoms with Crippen LogP contribution in [0.25, 0.3) is 0 Å². The first kappa shape index (κ1) is 12.3. The van der Waals surface area contributed by atoms with Gasteiger partial charge in [0.25, 0.3) is 0 Å². The molecular weight excluding hydrogens is 202 g/mol. The van der Waals surface area contributed by atoms with E-state index >= 15 is 0 Å². The molecule has 0 amide bonds. The van der Waals surface area contributed by atoms with Gasteiger partial charge < -0.3 is 15.2 Å². The summed E-state index contributed by atoms with van der Waals surface area (Å²) in [5, 5.41) is 0. The Morgan fingerprint density at radius 3 is 2.38 bits per heavy atom. The van der Waals surface area contributed by atoms with Gasteiger partial charge in [-0.3, -0.25) is 0 Å². The van der Waals surface area contributed by atoms with Crippen LogP contribution in [-0.2, 0) is 9.47 Å². The van der Waals surface area contributed by atoms with Crippen molar-refractivity contribution in [1.29, 1.82) is 0 Å². The Morgan fingerprint density at radius 1 is 1.12 bits per heavy atom. The summed E-state index contributed by atoms with van der Waals surface area (Å²) in [6.45, 7) is 2.76. The van der Waals surface area contributed by atoms with E-state index in [9.17, 15) is 0 Å². The van der Waals surface area contributed by atoms with E-state index in [2.05, 4.69) is 0 Å². The quantitative estimate of drug-likeness (QED) is 0.749. The molecule has 3 nitrogen and oxygen atoms in total. The molecule has 0 saturated heterocycles. The van der Waals surface area contributed by atoms with Gasteiger partial charge in [-0.05, 0) is 26.2 Å². The molecule has 3 heteroatoms. The fourth-order valence-electron chi connectivity index (χ4n) is 2.80. The highest BCUT2D eigenvalue weighted by Crippen LogP contribution is 2.30. The first-order valence-electron chi connectivity index (χ1n) is 6.84. The molecule has 0 aromatic carbocycles. The average molecular weight is 227 g/mol. The van der Waals surface area contributed by atoms with Crippen LogP contribution in [0.5, 0.6) is 0 Å². The van der Waals surface area contributed by atoms with Crippen LogP contribution in [0.4, 0.5) is 0 Å². The lowest BCUT2D eigenvalue weighted by molar-refractivity contribution is -0.161. The minimum atomic E-state index is 0.147. The normalized spacial score (nSPS) is 36.8. The zero-order valence-electron chi connectivity index (χ0n) is 10.4. The lowest BCUT2D eigenvalue weighted by atomic mass is 9.85. The number of ether oxygens (including phenoxy) is 2. The highest BCUT2D eigenvalue weighted by Gasteiger charge is 2.41. The minimum absolute atomic E-state index is 0.147. The molecule has 2 rings (SSSR count). The van der Waals surface area contributed by atoms with Crippen LogP contribution in [0.2, 0.25) is 0 Å². The molecule has 3 unspecified atom stereocenters. The van der Waals surface area contributed by atoms with Crippen molar-refractivity contribution in [2.24, 2.45) is 5.73 Å². The summed E-state index contributed by atoms with van der Waals surface area (Å²) in [7, 11) is 0. The van der Waals surface area contributed by atoms with E-state index < -0.39 is 0 Å². The molecule has 2 aliphatic rings. The van der Waals surface area contributed by atoms with Crippen molar-refractivity contribution in [3.05, 3.63) is 0 Å². The third kappa shape index (κ3) is 2.96. The molecule has 0 aliphatic heterocycles. The zero-order chi connectivity index (χ0) is 11.4. The van der Waals surface area contributed by atoms with Crippen LogP contribution in [-0.4, -0.2) is 31.0 Å². The summed E-state index contributed by atoms with van der Waals surface area (Å²) in [6.07, 6.45) is 9.69.